The first-order chi connectivity index (χ1) is 10.8. The molecule has 1 atom stereocenters. The SMILES string of the molecule is CC[C@@H](NC(=O)Cc1c(C)c2ccc(O)cc2oc1=O)C(=O)O. The van der Waals surface area contributed by atoms with E-state index in [-0.39, 0.29) is 29.7 Å². The Morgan fingerprint density at radius 1 is 1.35 bits per heavy atom. The van der Waals surface area contributed by atoms with Crippen molar-refractivity contribution in [2.75, 3.05) is 0 Å². The van der Waals surface area contributed by atoms with Crippen molar-refractivity contribution in [1.29, 1.82) is 0 Å². The number of phenols is 1. The Morgan fingerprint density at radius 3 is 2.65 bits per heavy atom. The number of fused-ring (bicyclic) bond motifs is 1. The molecule has 0 saturated carbocycles. The molecule has 2 rings (SSSR count). The highest BCUT2D eigenvalue weighted by atomic mass is 16.4. The van der Waals surface area contributed by atoms with E-state index in [2.05, 4.69) is 5.32 Å². The van der Waals surface area contributed by atoms with E-state index in [1.165, 1.54) is 12.1 Å². The molecular weight excluding hydrogens is 302 g/mol. The second kappa shape index (κ2) is 6.51. The summed E-state index contributed by atoms with van der Waals surface area (Å²) in [6, 6.07) is 3.38. The predicted molar refractivity (Wildman–Crippen MR) is 82.4 cm³/mol. The lowest BCUT2D eigenvalue weighted by Gasteiger charge is -2.13. The fraction of sp³-hybridized carbons (Fsp3) is 0.312. The second-order valence-corrected chi connectivity index (χ2v) is 5.22. The highest BCUT2D eigenvalue weighted by Crippen LogP contribution is 2.23. The average molecular weight is 319 g/mol. The van der Waals surface area contributed by atoms with Crippen LogP contribution in [0.3, 0.4) is 0 Å². The number of aromatic hydroxyl groups is 1. The molecule has 2 aromatic rings. The normalized spacial score (nSPS) is 12.1. The molecule has 1 amide bonds. The summed E-state index contributed by atoms with van der Waals surface area (Å²) in [4.78, 5) is 35.0. The van der Waals surface area contributed by atoms with Crippen molar-refractivity contribution in [3.05, 3.63) is 39.7 Å². The fourth-order valence-corrected chi connectivity index (χ4v) is 2.33. The molecule has 1 aromatic carbocycles. The van der Waals surface area contributed by atoms with Crippen LogP contribution < -0.4 is 10.9 Å². The number of carboxylic acid groups (broad SMARTS) is 1. The van der Waals surface area contributed by atoms with Gasteiger partial charge in [-0.15, -0.1) is 0 Å². The molecule has 3 N–H and O–H groups in total. The van der Waals surface area contributed by atoms with Crippen LogP contribution in [0.5, 0.6) is 5.75 Å². The lowest BCUT2D eigenvalue weighted by molar-refractivity contribution is -0.141. The molecule has 0 bridgehead atoms. The van der Waals surface area contributed by atoms with Gasteiger partial charge < -0.3 is 19.9 Å². The van der Waals surface area contributed by atoms with Crippen molar-refractivity contribution in [1.82, 2.24) is 5.32 Å². The topological polar surface area (TPSA) is 117 Å². The molecule has 122 valence electrons. The lowest BCUT2D eigenvalue weighted by Crippen LogP contribution is -2.41. The minimum absolute atomic E-state index is 0.0298. The zero-order chi connectivity index (χ0) is 17.1. The minimum Gasteiger partial charge on any atom is -0.508 e. The van der Waals surface area contributed by atoms with E-state index >= 15 is 0 Å². The van der Waals surface area contributed by atoms with E-state index in [0.717, 1.165) is 0 Å². The Balaban J connectivity index is 2.33. The molecule has 1 aromatic heterocycles. The number of hydrogen-bond acceptors (Lipinski definition) is 5. The molecule has 7 nitrogen and oxygen atoms in total. The summed E-state index contributed by atoms with van der Waals surface area (Å²) in [6.45, 7) is 3.31. The van der Waals surface area contributed by atoms with Crippen LogP contribution >= 0.6 is 0 Å². The molecule has 0 radical (unpaired) electrons. The maximum atomic E-state index is 12.0. The van der Waals surface area contributed by atoms with Gasteiger partial charge in [-0.2, -0.15) is 0 Å². The number of rotatable bonds is 5. The standard InChI is InChI=1S/C16H17NO6/c1-3-12(15(20)21)17-14(19)7-11-8(2)10-5-4-9(18)6-13(10)23-16(11)22/h4-6,12,18H,3,7H2,1-2H3,(H,17,19)(H,20,21)/t12-/m1/s1. The van der Waals surface area contributed by atoms with E-state index in [0.29, 0.717) is 10.9 Å². The average Bonchev–Trinajstić information content (AvgIpc) is 2.48. The van der Waals surface area contributed by atoms with E-state index in [1.54, 1.807) is 19.9 Å². The summed E-state index contributed by atoms with van der Waals surface area (Å²) < 4.78 is 5.12. The summed E-state index contributed by atoms with van der Waals surface area (Å²) in [5.41, 5.74) is 0.281. The van der Waals surface area contributed by atoms with Gasteiger partial charge in [0.2, 0.25) is 5.91 Å². The van der Waals surface area contributed by atoms with Gasteiger partial charge in [0.1, 0.15) is 17.4 Å². The summed E-state index contributed by atoms with van der Waals surface area (Å²) >= 11 is 0. The molecule has 0 aliphatic carbocycles. The van der Waals surface area contributed by atoms with Crippen molar-refractivity contribution in [3.8, 4) is 5.75 Å². The number of carbonyl (C=O) groups is 2. The zero-order valence-electron chi connectivity index (χ0n) is 12.8. The molecule has 7 heteroatoms. The summed E-state index contributed by atoms with van der Waals surface area (Å²) in [5, 5.41) is 21.3. The Hall–Kier alpha value is -2.83. The van der Waals surface area contributed by atoms with Crippen LogP contribution in [-0.4, -0.2) is 28.1 Å². The Labute approximate surface area is 131 Å². The third-order valence-electron chi connectivity index (χ3n) is 3.65. The van der Waals surface area contributed by atoms with Crippen molar-refractivity contribution in [2.24, 2.45) is 0 Å². The van der Waals surface area contributed by atoms with Crippen LogP contribution in [0.1, 0.15) is 24.5 Å². The largest absolute Gasteiger partial charge is 0.508 e. The molecule has 0 unspecified atom stereocenters. The van der Waals surface area contributed by atoms with Crippen molar-refractivity contribution in [2.45, 2.75) is 32.7 Å². The van der Waals surface area contributed by atoms with Gasteiger partial charge in [-0.1, -0.05) is 6.92 Å². The van der Waals surface area contributed by atoms with Gasteiger partial charge in [-0.3, -0.25) is 4.79 Å². The van der Waals surface area contributed by atoms with Crippen LogP contribution in [0, 0.1) is 6.92 Å². The number of phenolic OH excluding ortho intramolecular Hbond substituents is 1. The molecule has 0 aliphatic rings. The van der Waals surface area contributed by atoms with Crippen LogP contribution in [0.4, 0.5) is 0 Å². The maximum absolute atomic E-state index is 12.0. The number of hydrogen-bond donors (Lipinski definition) is 3. The molecule has 0 spiro atoms. The third kappa shape index (κ3) is 3.50. The van der Waals surface area contributed by atoms with E-state index in [9.17, 15) is 19.5 Å². The number of amides is 1. The van der Waals surface area contributed by atoms with Crippen LogP contribution in [-0.2, 0) is 16.0 Å². The number of aliphatic carboxylic acids is 1. The molecular formula is C16H17NO6. The molecule has 1 heterocycles. The predicted octanol–water partition coefficient (Wildman–Crippen LogP) is 1.33. The Morgan fingerprint density at radius 2 is 2.04 bits per heavy atom. The number of nitrogens with one attached hydrogen (secondary N) is 1. The van der Waals surface area contributed by atoms with E-state index in [1.807, 2.05) is 0 Å². The van der Waals surface area contributed by atoms with Gasteiger partial charge in [-0.25, -0.2) is 9.59 Å². The third-order valence-corrected chi connectivity index (χ3v) is 3.65. The number of aryl methyl sites for hydroxylation is 1. The van der Waals surface area contributed by atoms with Crippen molar-refractivity contribution >= 4 is 22.8 Å². The smallest absolute Gasteiger partial charge is 0.340 e. The summed E-state index contributed by atoms with van der Waals surface area (Å²) in [7, 11) is 0. The van der Waals surface area contributed by atoms with Crippen LogP contribution in [0.25, 0.3) is 11.0 Å². The lowest BCUT2D eigenvalue weighted by atomic mass is 10.0. The molecule has 23 heavy (non-hydrogen) atoms. The van der Waals surface area contributed by atoms with Crippen LogP contribution in [0.15, 0.2) is 27.4 Å². The molecule has 0 fully saturated rings. The quantitative estimate of drug-likeness (QED) is 0.716. The first-order valence-electron chi connectivity index (χ1n) is 7.11. The monoisotopic (exact) mass is 319 g/mol. The van der Waals surface area contributed by atoms with Crippen LogP contribution in [0.2, 0.25) is 0 Å². The van der Waals surface area contributed by atoms with Gasteiger partial charge in [0.25, 0.3) is 0 Å². The summed E-state index contributed by atoms with van der Waals surface area (Å²) in [5.74, 6) is -1.72. The minimum atomic E-state index is -1.13. The zero-order valence-corrected chi connectivity index (χ0v) is 12.8. The number of carbonyl (C=O) groups excluding carboxylic acids is 1. The second-order valence-electron chi connectivity index (χ2n) is 5.22. The van der Waals surface area contributed by atoms with Crippen molar-refractivity contribution < 1.29 is 24.2 Å². The van der Waals surface area contributed by atoms with Gasteiger partial charge in [0.05, 0.1) is 12.0 Å². The van der Waals surface area contributed by atoms with Gasteiger partial charge in [0.15, 0.2) is 0 Å². The van der Waals surface area contributed by atoms with Gasteiger partial charge >= 0.3 is 11.6 Å². The van der Waals surface area contributed by atoms with E-state index in [4.69, 9.17) is 9.52 Å². The Kier molecular flexibility index (Phi) is 4.68. The maximum Gasteiger partial charge on any atom is 0.340 e. The van der Waals surface area contributed by atoms with E-state index < -0.39 is 23.5 Å². The fourth-order valence-electron chi connectivity index (χ4n) is 2.33. The summed E-state index contributed by atoms with van der Waals surface area (Å²) in [6.07, 6.45) is -0.0274. The first-order valence-corrected chi connectivity index (χ1v) is 7.11. The highest BCUT2D eigenvalue weighted by Gasteiger charge is 2.20. The Bertz CT molecular complexity index is 823. The van der Waals surface area contributed by atoms with Gasteiger partial charge in [0, 0.05) is 11.5 Å². The first kappa shape index (κ1) is 16.5. The highest BCUT2D eigenvalue weighted by molar-refractivity contribution is 5.87. The number of carboxylic acids is 1. The number of benzene rings is 1. The van der Waals surface area contributed by atoms with Gasteiger partial charge in [-0.05, 0) is 31.0 Å². The van der Waals surface area contributed by atoms with Crippen molar-refractivity contribution in [3.63, 3.8) is 0 Å². The molecule has 0 aliphatic heterocycles. The molecule has 0 saturated heterocycles.